The minimum absolute atomic E-state index is 0.140. The van der Waals surface area contributed by atoms with Crippen LogP contribution in [-0.4, -0.2) is 25.0 Å². The zero-order chi connectivity index (χ0) is 22.1. The number of nitrogens with one attached hydrogen (secondary N) is 2. The summed E-state index contributed by atoms with van der Waals surface area (Å²) in [6.45, 7) is 2.75. The van der Waals surface area contributed by atoms with Gasteiger partial charge in [-0.3, -0.25) is 9.59 Å². The number of benzene rings is 3. The number of rotatable bonds is 9. The molecule has 3 aromatic rings. The Kier molecular flexibility index (Phi) is 7.90. The lowest BCUT2D eigenvalue weighted by Gasteiger charge is -2.10. The van der Waals surface area contributed by atoms with Crippen LogP contribution >= 0.6 is 11.6 Å². The summed E-state index contributed by atoms with van der Waals surface area (Å²) >= 11 is 6.00. The summed E-state index contributed by atoms with van der Waals surface area (Å²) in [5, 5.41) is 5.85. The molecule has 0 heterocycles. The fourth-order valence-electron chi connectivity index (χ4n) is 2.77. The van der Waals surface area contributed by atoms with E-state index in [1.165, 1.54) is 0 Å². The third kappa shape index (κ3) is 6.76. The van der Waals surface area contributed by atoms with E-state index in [0.717, 1.165) is 5.75 Å². The van der Waals surface area contributed by atoms with E-state index >= 15 is 0 Å². The quantitative estimate of drug-likeness (QED) is 0.476. The zero-order valence-electron chi connectivity index (χ0n) is 17.1. The largest absolute Gasteiger partial charge is 0.494 e. The van der Waals surface area contributed by atoms with E-state index in [0.29, 0.717) is 34.4 Å². The van der Waals surface area contributed by atoms with Gasteiger partial charge in [0.15, 0.2) is 0 Å². The van der Waals surface area contributed by atoms with Crippen molar-refractivity contribution in [2.24, 2.45) is 0 Å². The van der Waals surface area contributed by atoms with Gasteiger partial charge in [-0.05, 0) is 67.6 Å². The second-order valence-corrected chi connectivity index (χ2v) is 6.97. The van der Waals surface area contributed by atoms with Crippen molar-refractivity contribution in [3.8, 4) is 17.2 Å². The molecule has 0 atom stereocenters. The number of carbonyl (C=O) groups is 2. The second-order valence-electron chi connectivity index (χ2n) is 6.56. The van der Waals surface area contributed by atoms with E-state index in [4.69, 9.17) is 21.1 Å². The van der Waals surface area contributed by atoms with Crippen molar-refractivity contribution in [1.82, 2.24) is 5.32 Å². The van der Waals surface area contributed by atoms with Gasteiger partial charge < -0.3 is 20.1 Å². The first-order valence-corrected chi connectivity index (χ1v) is 10.3. The summed E-state index contributed by atoms with van der Waals surface area (Å²) in [4.78, 5) is 24.2. The van der Waals surface area contributed by atoms with E-state index in [-0.39, 0.29) is 24.8 Å². The van der Waals surface area contributed by atoms with Crippen LogP contribution in [0.2, 0.25) is 5.02 Å². The molecular formula is C24H23ClN2O4. The highest BCUT2D eigenvalue weighted by atomic mass is 35.5. The summed E-state index contributed by atoms with van der Waals surface area (Å²) in [7, 11) is 0. The monoisotopic (exact) mass is 438 g/mol. The fraction of sp³-hybridized carbons (Fsp3) is 0.167. The number of amides is 2. The number of halogens is 1. The Morgan fingerprint density at radius 1 is 0.871 bits per heavy atom. The summed E-state index contributed by atoms with van der Waals surface area (Å²) in [5.41, 5.74) is 1.02. The van der Waals surface area contributed by atoms with Crippen molar-refractivity contribution in [1.29, 1.82) is 0 Å². The van der Waals surface area contributed by atoms with Crippen LogP contribution in [0.15, 0.2) is 72.8 Å². The summed E-state index contributed by atoms with van der Waals surface area (Å²) in [6, 6.07) is 21.2. The molecule has 160 valence electrons. The SMILES string of the molecule is CCOc1ccc(Oc2ccc(NC(=O)CCNC(=O)c3ccccc3Cl)cc2)cc1. The maximum absolute atomic E-state index is 12.1. The lowest BCUT2D eigenvalue weighted by Crippen LogP contribution is -2.27. The van der Waals surface area contributed by atoms with Gasteiger partial charge in [-0.25, -0.2) is 0 Å². The molecule has 0 bridgehead atoms. The normalized spacial score (nSPS) is 10.3. The Labute approximate surface area is 186 Å². The Morgan fingerprint density at radius 2 is 1.48 bits per heavy atom. The first-order chi connectivity index (χ1) is 15.0. The lowest BCUT2D eigenvalue weighted by atomic mass is 10.2. The molecule has 6 nitrogen and oxygen atoms in total. The average Bonchev–Trinajstić information content (AvgIpc) is 2.77. The Bertz CT molecular complexity index is 1020. The van der Waals surface area contributed by atoms with Crippen LogP contribution in [-0.2, 0) is 4.79 Å². The topological polar surface area (TPSA) is 76.7 Å². The highest BCUT2D eigenvalue weighted by Crippen LogP contribution is 2.25. The Balaban J connectivity index is 1.44. The van der Waals surface area contributed by atoms with Gasteiger partial charge in [0.1, 0.15) is 17.2 Å². The molecule has 0 aliphatic heterocycles. The molecule has 31 heavy (non-hydrogen) atoms. The maximum atomic E-state index is 12.1. The highest BCUT2D eigenvalue weighted by molar-refractivity contribution is 6.33. The van der Waals surface area contributed by atoms with E-state index in [9.17, 15) is 9.59 Å². The van der Waals surface area contributed by atoms with Crippen LogP contribution in [0, 0.1) is 0 Å². The number of hydrogen-bond acceptors (Lipinski definition) is 4. The minimum atomic E-state index is -0.311. The molecule has 3 rings (SSSR count). The van der Waals surface area contributed by atoms with Crippen LogP contribution in [0.3, 0.4) is 0 Å². The average molecular weight is 439 g/mol. The van der Waals surface area contributed by atoms with Gasteiger partial charge in [-0.15, -0.1) is 0 Å². The smallest absolute Gasteiger partial charge is 0.252 e. The minimum Gasteiger partial charge on any atom is -0.494 e. The van der Waals surface area contributed by atoms with Crippen molar-refractivity contribution in [2.75, 3.05) is 18.5 Å². The predicted octanol–water partition coefficient (Wildman–Crippen LogP) is 5.29. The number of anilines is 1. The number of hydrogen-bond donors (Lipinski definition) is 2. The van der Waals surface area contributed by atoms with E-state index in [2.05, 4.69) is 10.6 Å². The van der Waals surface area contributed by atoms with Crippen molar-refractivity contribution in [3.05, 3.63) is 83.4 Å². The van der Waals surface area contributed by atoms with Crippen LogP contribution in [0.5, 0.6) is 17.2 Å². The summed E-state index contributed by atoms with van der Waals surface area (Å²) in [5.74, 6) is 1.61. The molecule has 0 aliphatic carbocycles. The van der Waals surface area contributed by atoms with Gasteiger partial charge in [-0.2, -0.15) is 0 Å². The van der Waals surface area contributed by atoms with Gasteiger partial charge in [0.25, 0.3) is 5.91 Å². The van der Waals surface area contributed by atoms with Crippen molar-refractivity contribution in [2.45, 2.75) is 13.3 Å². The molecule has 0 aromatic heterocycles. The third-order valence-corrected chi connectivity index (χ3v) is 4.59. The van der Waals surface area contributed by atoms with Crippen molar-refractivity contribution in [3.63, 3.8) is 0 Å². The molecular weight excluding hydrogens is 416 g/mol. The van der Waals surface area contributed by atoms with Gasteiger partial charge in [0.05, 0.1) is 17.2 Å². The first-order valence-electron chi connectivity index (χ1n) is 9.88. The van der Waals surface area contributed by atoms with Crippen LogP contribution in [0.4, 0.5) is 5.69 Å². The standard InChI is InChI=1S/C24H23ClN2O4/c1-2-30-18-11-13-20(14-12-18)31-19-9-7-17(8-10-19)27-23(28)15-16-26-24(29)21-5-3-4-6-22(21)25/h3-14H,2,15-16H2,1H3,(H,26,29)(H,27,28). The van der Waals surface area contributed by atoms with Crippen LogP contribution in [0.25, 0.3) is 0 Å². The van der Waals surface area contributed by atoms with Crippen LogP contribution < -0.4 is 20.1 Å². The van der Waals surface area contributed by atoms with Gasteiger partial charge in [0.2, 0.25) is 5.91 Å². The van der Waals surface area contributed by atoms with Crippen LogP contribution in [0.1, 0.15) is 23.7 Å². The molecule has 0 spiro atoms. The molecule has 0 saturated carbocycles. The van der Waals surface area contributed by atoms with Gasteiger partial charge in [0, 0.05) is 18.7 Å². The lowest BCUT2D eigenvalue weighted by molar-refractivity contribution is -0.116. The number of carbonyl (C=O) groups excluding carboxylic acids is 2. The van der Waals surface area contributed by atoms with E-state index in [1.54, 1.807) is 48.5 Å². The van der Waals surface area contributed by atoms with Gasteiger partial charge in [-0.1, -0.05) is 23.7 Å². The van der Waals surface area contributed by atoms with Crippen molar-refractivity contribution < 1.29 is 19.1 Å². The molecule has 0 fully saturated rings. The maximum Gasteiger partial charge on any atom is 0.252 e. The van der Waals surface area contributed by atoms with Gasteiger partial charge >= 0.3 is 0 Å². The molecule has 7 heteroatoms. The zero-order valence-corrected chi connectivity index (χ0v) is 17.8. The molecule has 0 aliphatic rings. The fourth-order valence-corrected chi connectivity index (χ4v) is 2.99. The van der Waals surface area contributed by atoms with Crippen molar-refractivity contribution >= 4 is 29.1 Å². The molecule has 2 amide bonds. The summed E-state index contributed by atoms with van der Waals surface area (Å²) in [6.07, 6.45) is 0.140. The van der Waals surface area contributed by atoms with E-state index < -0.39 is 0 Å². The molecule has 0 unspecified atom stereocenters. The molecule has 2 N–H and O–H groups in total. The molecule has 3 aromatic carbocycles. The highest BCUT2D eigenvalue weighted by Gasteiger charge is 2.10. The Morgan fingerprint density at radius 3 is 2.13 bits per heavy atom. The second kappa shape index (κ2) is 11.0. The summed E-state index contributed by atoms with van der Waals surface area (Å²) < 4.78 is 11.2. The van der Waals surface area contributed by atoms with E-state index in [1.807, 2.05) is 31.2 Å². The Hall–Kier alpha value is -3.51. The third-order valence-electron chi connectivity index (χ3n) is 4.26. The number of ether oxygens (including phenoxy) is 2. The first kappa shape index (κ1) is 22.2. The molecule has 0 radical (unpaired) electrons. The predicted molar refractivity (Wildman–Crippen MR) is 121 cm³/mol. The molecule has 0 saturated heterocycles.